The van der Waals surface area contributed by atoms with Gasteiger partial charge in [-0.15, -0.1) is 0 Å². The largest absolute Gasteiger partial charge is 0.342 e. The molecule has 0 bridgehead atoms. The third-order valence-electron chi connectivity index (χ3n) is 4.30. The van der Waals surface area contributed by atoms with E-state index in [0.717, 1.165) is 45.4 Å². The van der Waals surface area contributed by atoms with Gasteiger partial charge in [0, 0.05) is 19.5 Å². The van der Waals surface area contributed by atoms with E-state index in [2.05, 4.69) is 24.1 Å². The summed E-state index contributed by atoms with van der Waals surface area (Å²) in [5.74, 6) is 1.05. The molecule has 0 aromatic carbocycles. The van der Waals surface area contributed by atoms with Crippen molar-refractivity contribution in [1.82, 2.24) is 10.2 Å². The lowest BCUT2D eigenvalue weighted by Crippen LogP contribution is -2.40. The van der Waals surface area contributed by atoms with E-state index >= 15 is 0 Å². The molecule has 17 heavy (non-hydrogen) atoms. The van der Waals surface area contributed by atoms with Gasteiger partial charge in [0.25, 0.3) is 0 Å². The Kier molecular flexibility index (Phi) is 4.08. The highest BCUT2D eigenvalue weighted by atomic mass is 16.2. The molecular formula is C14H26N2O. The van der Waals surface area contributed by atoms with Crippen molar-refractivity contribution in [3.63, 3.8) is 0 Å². The molecule has 3 heteroatoms. The molecule has 1 unspecified atom stereocenters. The fourth-order valence-electron chi connectivity index (χ4n) is 2.88. The molecule has 0 saturated carbocycles. The van der Waals surface area contributed by atoms with Crippen LogP contribution in [0.2, 0.25) is 0 Å². The molecule has 0 aromatic rings. The number of amides is 1. The number of rotatable bonds is 2. The third kappa shape index (κ3) is 3.70. The monoisotopic (exact) mass is 238 g/mol. The first-order valence-electron chi connectivity index (χ1n) is 7.05. The smallest absolute Gasteiger partial charge is 0.222 e. The summed E-state index contributed by atoms with van der Waals surface area (Å²) in [7, 11) is 0. The molecule has 0 radical (unpaired) electrons. The van der Waals surface area contributed by atoms with E-state index in [1.807, 2.05) is 0 Å². The van der Waals surface area contributed by atoms with Crippen molar-refractivity contribution < 1.29 is 4.79 Å². The first-order chi connectivity index (χ1) is 8.07. The molecule has 2 saturated heterocycles. The molecule has 2 aliphatic rings. The number of likely N-dealkylation sites (tertiary alicyclic amines) is 1. The van der Waals surface area contributed by atoms with Gasteiger partial charge in [0.15, 0.2) is 0 Å². The minimum atomic E-state index is 0.342. The minimum Gasteiger partial charge on any atom is -0.342 e. The lowest BCUT2D eigenvalue weighted by atomic mass is 9.85. The van der Waals surface area contributed by atoms with Crippen LogP contribution in [0.3, 0.4) is 0 Å². The van der Waals surface area contributed by atoms with Crippen LogP contribution in [0.4, 0.5) is 0 Å². The van der Waals surface area contributed by atoms with E-state index in [4.69, 9.17) is 0 Å². The van der Waals surface area contributed by atoms with Crippen LogP contribution in [0.1, 0.15) is 46.0 Å². The molecule has 2 heterocycles. The molecule has 2 fully saturated rings. The molecule has 0 aromatic heterocycles. The Morgan fingerprint density at radius 2 is 2.24 bits per heavy atom. The second kappa shape index (κ2) is 5.38. The van der Waals surface area contributed by atoms with Gasteiger partial charge >= 0.3 is 0 Å². The average molecular weight is 238 g/mol. The van der Waals surface area contributed by atoms with Gasteiger partial charge in [0.1, 0.15) is 0 Å². The summed E-state index contributed by atoms with van der Waals surface area (Å²) in [4.78, 5) is 14.2. The van der Waals surface area contributed by atoms with Crippen molar-refractivity contribution in [3.8, 4) is 0 Å². The summed E-state index contributed by atoms with van der Waals surface area (Å²) in [5.41, 5.74) is 0.342. The van der Waals surface area contributed by atoms with Crippen LogP contribution in [-0.2, 0) is 4.79 Å². The van der Waals surface area contributed by atoms with Crippen molar-refractivity contribution in [2.24, 2.45) is 11.3 Å². The van der Waals surface area contributed by atoms with Crippen LogP contribution >= 0.6 is 0 Å². The zero-order chi connectivity index (χ0) is 12.3. The number of hydrogen-bond donors (Lipinski definition) is 1. The molecule has 3 nitrogen and oxygen atoms in total. The molecular weight excluding hydrogens is 212 g/mol. The quantitative estimate of drug-likeness (QED) is 0.798. The Hall–Kier alpha value is -0.570. The van der Waals surface area contributed by atoms with Crippen LogP contribution in [-0.4, -0.2) is 37.0 Å². The Labute approximate surface area is 105 Å². The van der Waals surface area contributed by atoms with Crippen LogP contribution in [0.25, 0.3) is 0 Å². The maximum Gasteiger partial charge on any atom is 0.222 e. The number of carbonyl (C=O) groups excluding carboxylic acids is 1. The molecule has 1 atom stereocenters. The summed E-state index contributed by atoms with van der Waals surface area (Å²) < 4.78 is 0. The highest BCUT2D eigenvalue weighted by Gasteiger charge is 2.28. The van der Waals surface area contributed by atoms with Crippen molar-refractivity contribution in [2.75, 3.05) is 26.2 Å². The lowest BCUT2D eigenvalue weighted by Gasteiger charge is -2.30. The second-order valence-electron chi connectivity index (χ2n) is 6.47. The highest BCUT2D eigenvalue weighted by molar-refractivity contribution is 5.76. The number of hydrogen-bond acceptors (Lipinski definition) is 2. The minimum absolute atomic E-state index is 0.342. The fraction of sp³-hybridized carbons (Fsp3) is 0.929. The molecule has 2 rings (SSSR count). The zero-order valence-electron chi connectivity index (χ0n) is 11.3. The standard InChI is InChI=1S/C14H26N2O/c1-14(2)6-5-13(17)16(9-7-14)11-12-4-3-8-15-10-12/h12,15H,3-11H2,1-2H3. The van der Waals surface area contributed by atoms with E-state index < -0.39 is 0 Å². The number of nitrogens with zero attached hydrogens (tertiary/aromatic N) is 1. The van der Waals surface area contributed by atoms with Crippen LogP contribution in [0.5, 0.6) is 0 Å². The molecule has 0 spiro atoms. The Bertz CT molecular complexity index is 269. The van der Waals surface area contributed by atoms with E-state index in [9.17, 15) is 4.79 Å². The van der Waals surface area contributed by atoms with Gasteiger partial charge in [-0.05, 0) is 50.1 Å². The molecule has 0 aliphatic carbocycles. The maximum atomic E-state index is 12.1. The Balaban J connectivity index is 1.88. The predicted octanol–water partition coefficient (Wildman–Crippen LogP) is 2.02. The van der Waals surface area contributed by atoms with Gasteiger partial charge in [-0.1, -0.05) is 13.8 Å². The molecule has 1 amide bonds. The van der Waals surface area contributed by atoms with Crippen molar-refractivity contribution in [1.29, 1.82) is 0 Å². The van der Waals surface area contributed by atoms with Gasteiger partial charge in [0.2, 0.25) is 5.91 Å². The van der Waals surface area contributed by atoms with Gasteiger partial charge in [-0.3, -0.25) is 4.79 Å². The van der Waals surface area contributed by atoms with E-state index in [1.165, 1.54) is 12.8 Å². The predicted molar refractivity (Wildman–Crippen MR) is 69.8 cm³/mol. The summed E-state index contributed by atoms with van der Waals surface area (Å²) in [6.45, 7) is 8.74. The third-order valence-corrected chi connectivity index (χ3v) is 4.30. The first-order valence-corrected chi connectivity index (χ1v) is 7.05. The average Bonchev–Trinajstić information content (AvgIpc) is 2.44. The summed E-state index contributed by atoms with van der Waals surface area (Å²) in [6, 6.07) is 0. The van der Waals surface area contributed by atoms with Crippen LogP contribution in [0.15, 0.2) is 0 Å². The van der Waals surface area contributed by atoms with Gasteiger partial charge in [0.05, 0.1) is 0 Å². The zero-order valence-corrected chi connectivity index (χ0v) is 11.3. The van der Waals surface area contributed by atoms with Gasteiger partial charge in [-0.25, -0.2) is 0 Å². The fourth-order valence-corrected chi connectivity index (χ4v) is 2.88. The van der Waals surface area contributed by atoms with Crippen molar-refractivity contribution in [2.45, 2.75) is 46.0 Å². The molecule has 2 aliphatic heterocycles. The molecule has 1 N–H and O–H groups in total. The maximum absolute atomic E-state index is 12.1. The highest BCUT2D eigenvalue weighted by Crippen LogP contribution is 2.30. The van der Waals surface area contributed by atoms with E-state index in [0.29, 0.717) is 17.2 Å². The SMILES string of the molecule is CC1(C)CCC(=O)N(CC2CCCNC2)CC1. The summed E-state index contributed by atoms with van der Waals surface area (Å²) in [5, 5.41) is 3.43. The topological polar surface area (TPSA) is 32.3 Å². The van der Waals surface area contributed by atoms with Crippen molar-refractivity contribution in [3.05, 3.63) is 0 Å². The number of nitrogens with one attached hydrogen (secondary N) is 1. The normalized spacial score (nSPS) is 30.1. The summed E-state index contributed by atoms with van der Waals surface area (Å²) in [6.07, 6.45) is 5.48. The van der Waals surface area contributed by atoms with E-state index in [-0.39, 0.29) is 0 Å². The van der Waals surface area contributed by atoms with E-state index in [1.54, 1.807) is 0 Å². The number of carbonyl (C=O) groups is 1. The number of piperidine rings is 1. The molecule has 98 valence electrons. The second-order valence-corrected chi connectivity index (χ2v) is 6.47. The summed E-state index contributed by atoms with van der Waals surface area (Å²) >= 11 is 0. The first kappa shape index (κ1) is 12.9. The van der Waals surface area contributed by atoms with Gasteiger partial charge in [-0.2, -0.15) is 0 Å². The Morgan fingerprint density at radius 1 is 1.41 bits per heavy atom. The van der Waals surface area contributed by atoms with Crippen molar-refractivity contribution >= 4 is 5.91 Å². The van der Waals surface area contributed by atoms with Crippen LogP contribution < -0.4 is 5.32 Å². The van der Waals surface area contributed by atoms with Gasteiger partial charge < -0.3 is 10.2 Å². The lowest BCUT2D eigenvalue weighted by molar-refractivity contribution is -0.131. The van der Waals surface area contributed by atoms with Crippen LogP contribution in [0, 0.1) is 11.3 Å². The Morgan fingerprint density at radius 3 is 2.94 bits per heavy atom.